The zero-order valence-corrected chi connectivity index (χ0v) is 14.4. The summed E-state index contributed by atoms with van der Waals surface area (Å²) in [6.07, 6.45) is 0. The van der Waals surface area contributed by atoms with E-state index >= 15 is 0 Å². The van der Waals surface area contributed by atoms with E-state index in [2.05, 4.69) is 33.2 Å². The smallest absolute Gasteiger partial charge is 0.296 e. The summed E-state index contributed by atoms with van der Waals surface area (Å²) in [4.78, 5) is 22.5. The van der Waals surface area contributed by atoms with Crippen molar-refractivity contribution < 1.29 is 14.5 Å². The maximum absolute atomic E-state index is 12.0. The van der Waals surface area contributed by atoms with Crippen LogP contribution in [-0.2, 0) is 4.79 Å². The highest BCUT2D eigenvalue weighted by Crippen LogP contribution is 2.28. The normalized spacial score (nSPS) is 10.0. The molecule has 120 valence electrons. The van der Waals surface area contributed by atoms with Crippen LogP contribution in [0.15, 0.2) is 42.5 Å². The Morgan fingerprint density at radius 3 is 2.57 bits per heavy atom. The first kappa shape index (κ1) is 17.0. The maximum atomic E-state index is 12.0. The largest absolute Gasteiger partial charge is 0.496 e. The molecule has 0 heterocycles. The molecule has 0 radical (unpaired) electrons. The average Bonchev–Trinajstić information content (AvgIpc) is 2.54. The minimum Gasteiger partial charge on any atom is -0.496 e. The van der Waals surface area contributed by atoms with Gasteiger partial charge in [-0.3, -0.25) is 14.9 Å². The van der Waals surface area contributed by atoms with Crippen molar-refractivity contribution in [3.05, 3.63) is 56.1 Å². The molecule has 0 aliphatic rings. The van der Waals surface area contributed by atoms with E-state index in [4.69, 9.17) is 4.74 Å². The van der Waals surface area contributed by atoms with Crippen LogP contribution in [-0.4, -0.2) is 24.5 Å². The molecule has 2 N–H and O–H groups in total. The summed E-state index contributed by atoms with van der Waals surface area (Å²) in [6.45, 7) is 0.00375. The Bertz CT molecular complexity index is 719. The lowest BCUT2D eigenvalue weighted by atomic mass is 10.2. The number of methoxy groups -OCH3 is 1. The molecule has 0 fully saturated rings. The molecule has 2 aromatic rings. The lowest BCUT2D eigenvalue weighted by Crippen LogP contribution is -2.22. The Labute approximate surface area is 146 Å². The third-order valence-corrected chi connectivity index (χ3v) is 3.69. The zero-order chi connectivity index (χ0) is 16.8. The highest BCUT2D eigenvalue weighted by atomic mass is 127. The van der Waals surface area contributed by atoms with Gasteiger partial charge in [0.2, 0.25) is 5.91 Å². The summed E-state index contributed by atoms with van der Waals surface area (Å²) in [6, 6.07) is 11.8. The van der Waals surface area contributed by atoms with Crippen LogP contribution in [0.3, 0.4) is 0 Å². The Morgan fingerprint density at radius 1 is 1.26 bits per heavy atom. The van der Waals surface area contributed by atoms with Crippen LogP contribution in [0, 0.1) is 13.7 Å². The fourth-order valence-corrected chi connectivity index (χ4v) is 2.20. The van der Waals surface area contributed by atoms with Gasteiger partial charge in [0, 0.05) is 9.26 Å². The minimum absolute atomic E-state index is 0.00375. The highest BCUT2D eigenvalue weighted by Gasteiger charge is 2.17. The van der Waals surface area contributed by atoms with Gasteiger partial charge in [-0.15, -0.1) is 0 Å². The van der Waals surface area contributed by atoms with Gasteiger partial charge in [-0.2, -0.15) is 0 Å². The van der Waals surface area contributed by atoms with Gasteiger partial charge in [-0.1, -0.05) is 0 Å². The van der Waals surface area contributed by atoms with Gasteiger partial charge >= 0.3 is 0 Å². The van der Waals surface area contributed by atoms with Crippen LogP contribution in [0.4, 0.5) is 17.1 Å². The third kappa shape index (κ3) is 4.81. The Hall–Kier alpha value is -2.36. The van der Waals surface area contributed by atoms with Crippen molar-refractivity contribution in [3.8, 4) is 5.75 Å². The minimum atomic E-state index is -0.565. The summed E-state index contributed by atoms with van der Waals surface area (Å²) in [5, 5.41) is 16.5. The number of nitro benzene ring substituents is 1. The molecule has 0 saturated carbocycles. The van der Waals surface area contributed by atoms with Crippen LogP contribution in [0.2, 0.25) is 0 Å². The lowest BCUT2D eigenvalue weighted by molar-refractivity contribution is -0.384. The zero-order valence-electron chi connectivity index (χ0n) is 12.2. The number of rotatable bonds is 6. The average molecular weight is 427 g/mol. The number of amides is 1. The second-order valence-electron chi connectivity index (χ2n) is 4.55. The summed E-state index contributed by atoms with van der Waals surface area (Å²) in [5.41, 5.74) is 0.710. The monoisotopic (exact) mass is 427 g/mol. The molecule has 8 heteroatoms. The first-order valence-corrected chi connectivity index (χ1v) is 7.69. The van der Waals surface area contributed by atoms with E-state index < -0.39 is 4.92 Å². The van der Waals surface area contributed by atoms with E-state index in [1.807, 2.05) is 24.3 Å². The van der Waals surface area contributed by atoms with Gasteiger partial charge in [0.15, 0.2) is 0 Å². The maximum Gasteiger partial charge on any atom is 0.296 e. The second kappa shape index (κ2) is 7.77. The topological polar surface area (TPSA) is 93.5 Å². The predicted molar refractivity (Wildman–Crippen MR) is 95.9 cm³/mol. The molecule has 2 aromatic carbocycles. The number of anilines is 2. The SMILES string of the molecule is COc1ccc(NC(=O)CNc2ccc(I)cc2)c([N+](=O)[O-])c1. The summed E-state index contributed by atoms with van der Waals surface area (Å²) < 4.78 is 6.04. The van der Waals surface area contributed by atoms with E-state index in [-0.39, 0.29) is 23.8 Å². The van der Waals surface area contributed by atoms with Gasteiger partial charge < -0.3 is 15.4 Å². The summed E-state index contributed by atoms with van der Waals surface area (Å²) >= 11 is 2.19. The number of halogens is 1. The van der Waals surface area contributed by atoms with Crippen molar-refractivity contribution in [1.29, 1.82) is 0 Å². The van der Waals surface area contributed by atoms with E-state index in [9.17, 15) is 14.9 Å². The van der Waals surface area contributed by atoms with E-state index in [0.29, 0.717) is 5.75 Å². The quantitative estimate of drug-likeness (QED) is 0.420. The number of carbonyl (C=O) groups is 1. The van der Waals surface area contributed by atoms with E-state index in [0.717, 1.165) is 9.26 Å². The Kier molecular flexibility index (Phi) is 5.74. The molecule has 7 nitrogen and oxygen atoms in total. The fraction of sp³-hybridized carbons (Fsp3) is 0.133. The number of ether oxygens (including phenoxy) is 1. The van der Waals surface area contributed by atoms with Gasteiger partial charge in [-0.25, -0.2) is 0 Å². The standard InChI is InChI=1S/C15H14IN3O4/c1-23-12-6-7-13(14(8-12)19(21)22)18-15(20)9-17-11-4-2-10(16)3-5-11/h2-8,17H,9H2,1H3,(H,18,20). The first-order chi connectivity index (χ1) is 11.0. The summed E-state index contributed by atoms with van der Waals surface area (Å²) in [5.74, 6) is -0.0245. The van der Waals surface area contributed by atoms with Gasteiger partial charge in [0.1, 0.15) is 11.4 Å². The number of nitrogens with zero attached hydrogens (tertiary/aromatic N) is 1. The highest BCUT2D eigenvalue weighted by molar-refractivity contribution is 14.1. The van der Waals surface area contributed by atoms with Crippen LogP contribution in [0.5, 0.6) is 5.75 Å². The molecule has 2 rings (SSSR count). The van der Waals surface area contributed by atoms with Crippen molar-refractivity contribution in [3.63, 3.8) is 0 Å². The molecule has 0 spiro atoms. The van der Waals surface area contributed by atoms with Crippen molar-refractivity contribution >= 4 is 45.6 Å². The lowest BCUT2D eigenvalue weighted by Gasteiger charge is -2.09. The molecule has 0 aromatic heterocycles. The molecule has 23 heavy (non-hydrogen) atoms. The van der Waals surface area contributed by atoms with Crippen molar-refractivity contribution in [1.82, 2.24) is 0 Å². The molecule has 0 atom stereocenters. The molecule has 0 bridgehead atoms. The van der Waals surface area contributed by atoms with Gasteiger partial charge in [-0.05, 0) is 59.0 Å². The third-order valence-electron chi connectivity index (χ3n) is 2.97. The predicted octanol–water partition coefficient (Wildman–Crippen LogP) is 3.26. The fourth-order valence-electron chi connectivity index (χ4n) is 1.84. The molecule has 1 amide bonds. The van der Waals surface area contributed by atoms with E-state index in [1.54, 1.807) is 6.07 Å². The number of carbonyl (C=O) groups excluding carboxylic acids is 1. The second-order valence-corrected chi connectivity index (χ2v) is 5.79. The number of benzene rings is 2. The van der Waals surface area contributed by atoms with Crippen LogP contribution < -0.4 is 15.4 Å². The summed E-state index contributed by atoms with van der Waals surface area (Å²) in [7, 11) is 1.42. The number of nitrogens with one attached hydrogen (secondary N) is 2. The van der Waals surface area contributed by atoms with Crippen LogP contribution >= 0.6 is 22.6 Å². The molecule has 0 unspecified atom stereocenters. The number of hydrogen-bond donors (Lipinski definition) is 2. The van der Waals surface area contributed by atoms with E-state index in [1.165, 1.54) is 19.2 Å². The molecule has 0 aliphatic heterocycles. The molecular formula is C15H14IN3O4. The van der Waals surface area contributed by atoms with Crippen molar-refractivity contribution in [2.75, 3.05) is 24.3 Å². The number of nitro groups is 1. The van der Waals surface area contributed by atoms with Crippen LogP contribution in [0.1, 0.15) is 0 Å². The molecule has 0 aliphatic carbocycles. The molecular weight excluding hydrogens is 413 g/mol. The Balaban J connectivity index is 2.02. The Morgan fingerprint density at radius 2 is 1.96 bits per heavy atom. The van der Waals surface area contributed by atoms with Gasteiger partial charge in [0.05, 0.1) is 24.6 Å². The van der Waals surface area contributed by atoms with Gasteiger partial charge in [0.25, 0.3) is 5.69 Å². The first-order valence-electron chi connectivity index (χ1n) is 6.61. The van der Waals surface area contributed by atoms with Crippen molar-refractivity contribution in [2.24, 2.45) is 0 Å². The van der Waals surface area contributed by atoms with Crippen LogP contribution in [0.25, 0.3) is 0 Å². The number of hydrogen-bond acceptors (Lipinski definition) is 5. The molecule has 0 saturated heterocycles. The van der Waals surface area contributed by atoms with Crippen molar-refractivity contribution in [2.45, 2.75) is 0 Å².